The Morgan fingerprint density at radius 2 is 1.33 bits per heavy atom. The van der Waals surface area contributed by atoms with E-state index in [0.29, 0.717) is 21.2 Å². The molecule has 0 spiro atoms. The topological polar surface area (TPSA) is 51.2 Å². The number of carbonyl (C=O) groups is 1. The fourth-order valence-electron chi connectivity index (χ4n) is 3.16. The van der Waals surface area contributed by atoms with Gasteiger partial charge in [-0.25, -0.2) is 8.42 Å². The number of hydrogen-bond acceptors (Lipinski definition) is 3. The molecule has 0 amide bonds. The largest absolute Gasteiger partial charge is 0.288 e. The molecule has 0 saturated heterocycles. The summed E-state index contributed by atoms with van der Waals surface area (Å²) in [6.45, 7) is 3.85. The van der Waals surface area contributed by atoms with Gasteiger partial charge in [0.1, 0.15) is 4.91 Å². The number of allylic oxidation sites excluding steroid dienone is 1. The maximum atomic E-state index is 13.3. The van der Waals surface area contributed by atoms with Crippen LogP contribution in [0.4, 0.5) is 0 Å². The van der Waals surface area contributed by atoms with Crippen molar-refractivity contribution in [3.63, 3.8) is 0 Å². The van der Waals surface area contributed by atoms with Crippen LogP contribution in [0.5, 0.6) is 0 Å². The van der Waals surface area contributed by atoms with Crippen molar-refractivity contribution in [1.82, 2.24) is 0 Å². The monoisotopic (exact) mass is 458 g/mol. The number of benzene rings is 3. The van der Waals surface area contributed by atoms with Crippen LogP contribution in [0.15, 0.2) is 71.6 Å². The Balaban J connectivity index is 2.10. The summed E-state index contributed by atoms with van der Waals surface area (Å²) in [5.41, 5.74) is 3.43. The molecule has 30 heavy (non-hydrogen) atoms. The van der Waals surface area contributed by atoms with E-state index >= 15 is 0 Å². The van der Waals surface area contributed by atoms with E-state index < -0.39 is 15.6 Å². The van der Waals surface area contributed by atoms with Crippen molar-refractivity contribution in [1.29, 1.82) is 0 Å². The highest BCUT2D eigenvalue weighted by atomic mass is 35.5. The van der Waals surface area contributed by atoms with Gasteiger partial charge in [0.05, 0.1) is 5.75 Å². The van der Waals surface area contributed by atoms with Crippen LogP contribution < -0.4 is 0 Å². The van der Waals surface area contributed by atoms with E-state index in [1.165, 1.54) is 18.2 Å². The molecule has 0 N–H and O–H groups in total. The van der Waals surface area contributed by atoms with E-state index in [9.17, 15) is 13.2 Å². The summed E-state index contributed by atoms with van der Waals surface area (Å²) >= 11 is 11.8. The van der Waals surface area contributed by atoms with E-state index in [4.69, 9.17) is 23.2 Å². The third-order valence-electron chi connectivity index (χ3n) is 4.48. The Hall–Kier alpha value is -2.40. The first-order valence-corrected chi connectivity index (χ1v) is 11.6. The predicted molar refractivity (Wildman–Crippen MR) is 124 cm³/mol. The average Bonchev–Trinajstić information content (AvgIpc) is 2.67. The van der Waals surface area contributed by atoms with E-state index in [1.54, 1.807) is 36.4 Å². The van der Waals surface area contributed by atoms with Crippen LogP contribution in [0, 0.1) is 13.8 Å². The quantitative estimate of drug-likeness (QED) is 0.315. The van der Waals surface area contributed by atoms with Gasteiger partial charge in [-0.15, -0.1) is 0 Å². The van der Waals surface area contributed by atoms with Crippen LogP contribution in [0.25, 0.3) is 6.08 Å². The second-order valence-corrected chi connectivity index (χ2v) is 9.98. The molecule has 0 bridgehead atoms. The Morgan fingerprint density at radius 1 is 0.833 bits per heavy atom. The molecule has 154 valence electrons. The molecule has 0 aliphatic heterocycles. The summed E-state index contributed by atoms with van der Waals surface area (Å²) in [7, 11) is -3.93. The first-order valence-electron chi connectivity index (χ1n) is 9.21. The summed E-state index contributed by atoms with van der Waals surface area (Å²) in [4.78, 5) is 13.0. The van der Waals surface area contributed by atoms with Gasteiger partial charge in [-0.2, -0.15) is 0 Å². The number of sulfone groups is 1. The maximum absolute atomic E-state index is 13.3. The van der Waals surface area contributed by atoms with Gasteiger partial charge >= 0.3 is 0 Å². The van der Waals surface area contributed by atoms with Gasteiger partial charge in [0.15, 0.2) is 9.84 Å². The highest BCUT2D eigenvalue weighted by Crippen LogP contribution is 2.24. The molecule has 0 aromatic heterocycles. The van der Waals surface area contributed by atoms with Crippen LogP contribution in [-0.2, 0) is 15.6 Å². The van der Waals surface area contributed by atoms with Gasteiger partial charge in [-0.05, 0) is 67.4 Å². The van der Waals surface area contributed by atoms with Crippen molar-refractivity contribution >= 4 is 44.9 Å². The smallest absolute Gasteiger partial charge is 0.204 e. The van der Waals surface area contributed by atoms with E-state index in [-0.39, 0.29) is 16.2 Å². The van der Waals surface area contributed by atoms with Crippen molar-refractivity contribution in [3.05, 3.63) is 109 Å². The van der Waals surface area contributed by atoms with Gasteiger partial charge in [-0.3, -0.25) is 4.79 Å². The third kappa shape index (κ3) is 5.60. The Morgan fingerprint density at radius 3 is 1.87 bits per heavy atom. The van der Waals surface area contributed by atoms with Gasteiger partial charge in [-0.1, -0.05) is 64.7 Å². The van der Waals surface area contributed by atoms with Crippen molar-refractivity contribution < 1.29 is 13.2 Å². The van der Waals surface area contributed by atoms with Crippen LogP contribution >= 0.6 is 23.2 Å². The lowest BCUT2D eigenvalue weighted by Crippen LogP contribution is -2.16. The second kappa shape index (κ2) is 9.17. The highest BCUT2D eigenvalue weighted by Gasteiger charge is 2.26. The molecule has 0 fully saturated rings. The SMILES string of the molecule is Cc1cc(C)cc(/C=C(\C(=O)c2ccc(Cl)cc2)S(=O)(=O)Cc2ccc(Cl)cc2)c1. The fourth-order valence-corrected chi connectivity index (χ4v) is 4.92. The zero-order valence-corrected chi connectivity index (χ0v) is 18.9. The average molecular weight is 459 g/mol. The van der Waals surface area contributed by atoms with E-state index in [2.05, 4.69) is 0 Å². The fraction of sp³-hybridized carbons (Fsp3) is 0.125. The highest BCUT2D eigenvalue weighted by molar-refractivity contribution is 7.95. The van der Waals surface area contributed by atoms with Gasteiger partial charge in [0.25, 0.3) is 0 Å². The standard InChI is InChI=1S/C24H20Cl2O3S/c1-16-11-17(2)13-19(12-16)14-23(24(27)20-5-9-22(26)10-6-20)30(28,29)15-18-3-7-21(25)8-4-18/h3-14H,15H2,1-2H3/b23-14+. The molecule has 3 rings (SSSR count). The predicted octanol–water partition coefficient (Wildman–Crippen LogP) is 6.45. The van der Waals surface area contributed by atoms with Crippen molar-refractivity contribution in [2.24, 2.45) is 0 Å². The Kier molecular flexibility index (Phi) is 6.81. The molecule has 6 heteroatoms. The number of rotatable bonds is 6. The first kappa shape index (κ1) is 22.3. The van der Waals surface area contributed by atoms with E-state index in [1.807, 2.05) is 32.0 Å². The molecule has 0 aliphatic rings. The van der Waals surface area contributed by atoms with Crippen LogP contribution in [0.2, 0.25) is 10.0 Å². The van der Waals surface area contributed by atoms with Crippen molar-refractivity contribution in [3.8, 4) is 0 Å². The van der Waals surface area contributed by atoms with Crippen LogP contribution in [-0.4, -0.2) is 14.2 Å². The number of aryl methyl sites for hydroxylation is 2. The molecular weight excluding hydrogens is 439 g/mol. The maximum Gasteiger partial charge on any atom is 0.204 e. The summed E-state index contributed by atoms with van der Waals surface area (Å²) in [5.74, 6) is -0.875. The molecule has 3 aromatic carbocycles. The molecule has 0 unspecified atom stereocenters. The van der Waals surface area contributed by atoms with Crippen molar-refractivity contribution in [2.45, 2.75) is 19.6 Å². The molecule has 0 atom stereocenters. The molecule has 0 heterocycles. The number of Topliss-reactive ketones (excluding diaryl/α,β-unsaturated/α-hetero) is 1. The summed E-state index contributed by atoms with van der Waals surface area (Å²) in [6.07, 6.45) is 1.45. The number of carbonyl (C=O) groups excluding carboxylic acids is 1. The molecule has 0 saturated carbocycles. The molecule has 3 aromatic rings. The molecule has 3 nitrogen and oxygen atoms in total. The summed E-state index contributed by atoms with van der Waals surface area (Å²) in [5, 5.41) is 0.981. The zero-order valence-electron chi connectivity index (χ0n) is 16.5. The molecule has 0 radical (unpaired) electrons. The Bertz CT molecular complexity index is 1190. The number of halogens is 2. The molecule has 0 aliphatic carbocycles. The van der Waals surface area contributed by atoms with Gasteiger partial charge in [0, 0.05) is 15.6 Å². The molecular formula is C24H20Cl2O3S. The third-order valence-corrected chi connectivity index (χ3v) is 6.67. The number of hydrogen-bond donors (Lipinski definition) is 0. The second-order valence-electron chi connectivity index (χ2n) is 7.15. The minimum absolute atomic E-state index is 0.259. The summed E-state index contributed by atoms with van der Waals surface area (Å²) in [6, 6.07) is 18.4. The minimum atomic E-state index is -3.93. The first-order chi connectivity index (χ1) is 14.1. The normalized spacial score (nSPS) is 12.1. The van der Waals surface area contributed by atoms with Crippen LogP contribution in [0.3, 0.4) is 0 Å². The van der Waals surface area contributed by atoms with Crippen molar-refractivity contribution in [2.75, 3.05) is 0 Å². The zero-order chi connectivity index (χ0) is 21.9. The lowest BCUT2D eigenvalue weighted by Gasteiger charge is -2.10. The van der Waals surface area contributed by atoms with E-state index in [0.717, 1.165) is 11.1 Å². The van der Waals surface area contributed by atoms with Gasteiger partial charge < -0.3 is 0 Å². The van der Waals surface area contributed by atoms with Crippen LogP contribution in [0.1, 0.15) is 32.6 Å². The number of ketones is 1. The minimum Gasteiger partial charge on any atom is -0.288 e. The lowest BCUT2D eigenvalue weighted by atomic mass is 10.1. The van der Waals surface area contributed by atoms with Gasteiger partial charge in [0.2, 0.25) is 5.78 Å². The summed E-state index contributed by atoms with van der Waals surface area (Å²) < 4.78 is 26.6. The Labute approximate surface area is 186 Å². The lowest BCUT2D eigenvalue weighted by molar-refractivity contribution is 0.104.